The van der Waals surface area contributed by atoms with Crippen LogP contribution in [-0.4, -0.2) is 53.8 Å². The zero-order chi connectivity index (χ0) is 17.4. The van der Waals surface area contributed by atoms with Crippen LogP contribution in [0.2, 0.25) is 0 Å². The molecule has 2 aliphatic rings. The highest BCUT2D eigenvalue weighted by molar-refractivity contribution is 5.80. The number of carbonyl (C=O) groups is 1. The van der Waals surface area contributed by atoms with Crippen molar-refractivity contribution in [1.82, 2.24) is 14.8 Å². The molecule has 1 N–H and O–H groups in total. The molecule has 7 nitrogen and oxygen atoms in total. The number of aryl methyl sites for hydroxylation is 1. The van der Waals surface area contributed by atoms with Crippen molar-refractivity contribution in [1.29, 1.82) is 0 Å². The summed E-state index contributed by atoms with van der Waals surface area (Å²) in [4.78, 5) is 27.0. The van der Waals surface area contributed by atoms with Crippen LogP contribution in [-0.2, 0) is 16.1 Å². The Bertz CT molecular complexity index is 834. The van der Waals surface area contributed by atoms with Crippen LogP contribution in [0.25, 0.3) is 11.1 Å². The summed E-state index contributed by atoms with van der Waals surface area (Å²) < 4.78 is 12.2. The smallest absolute Gasteiger partial charge is 0.408 e. The number of hydrogen-bond donors (Lipinski definition) is 1. The van der Waals surface area contributed by atoms with Gasteiger partial charge in [0.25, 0.3) is 0 Å². The number of hydrogen-bond acceptors (Lipinski definition) is 5. The zero-order valence-corrected chi connectivity index (χ0v) is 14.4. The second-order valence-electron chi connectivity index (χ2n) is 6.95. The molecule has 2 atom stereocenters. The molecule has 1 amide bonds. The lowest BCUT2D eigenvalue weighted by molar-refractivity contribution is -0.122. The molecule has 134 valence electrons. The number of ether oxygens (including phenoxy) is 1. The lowest BCUT2D eigenvalue weighted by atomic mass is 10.1. The Morgan fingerprint density at radius 1 is 1.28 bits per heavy atom. The molecular formula is C18H23N3O4. The summed E-state index contributed by atoms with van der Waals surface area (Å²) in [7, 11) is 0. The van der Waals surface area contributed by atoms with Gasteiger partial charge in [-0.05, 0) is 50.6 Å². The Kier molecular flexibility index (Phi) is 4.35. The minimum atomic E-state index is -0.505. The largest absolute Gasteiger partial charge is 0.420 e. The van der Waals surface area contributed by atoms with E-state index in [0.29, 0.717) is 24.3 Å². The summed E-state index contributed by atoms with van der Waals surface area (Å²) in [6, 6.07) is 5.70. The molecule has 2 saturated heterocycles. The Morgan fingerprint density at radius 3 is 2.88 bits per heavy atom. The van der Waals surface area contributed by atoms with Crippen molar-refractivity contribution < 1.29 is 13.9 Å². The van der Waals surface area contributed by atoms with Gasteiger partial charge in [-0.15, -0.1) is 0 Å². The highest BCUT2D eigenvalue weighted by Crippen LogP contribution is 2.19. The Balaban J connectivity index is 1.48. The quantitative estimate of drug-likeness (QED) is 0.890. The highest BCUT2D eigenvalue weighted by Gasteiger charge is 2.35. The second-order valence-corrected chi connectivity index (χ2v) is 6.95. The molecule has 0 aliphatic carbocycles. The minimum Gasteiger partial charge on any atom is -0.408 e. The van der Waals surface area contributed by atoms with E-state index in [9.17, 15) is 9.59 Å². The first-order chi connectivity index (χ1) is 12.1. The number of likely N-dealkylation sites (tertiary alicyclic amines) is 1. The van der Waals surface area contributed by atoms with E-state index in [0.717, 1.165) is 18.7 Å². The van der Waals surface area contributed by atoms with Gasteiger partial charge in [0.05, 0.1) is 30.8 Å². The molecule has 4 rings (SSSR count). The molecule has 1 aromatic carbocycles. The third-order valence-corrected chi connectivity index (χ3v) is 5.13. The first kappa shape index (κ1) is 16.4. The summed E-state index contributed by atoms with van der Waals surface area (Å²) >= 11 is 0. The summed E-state index contributed by atoms with van der Waals surface area (Å²) in [5, 5.41) is 3.04. The van der Waals surface area contributed by atoms with Gasteiger partial charge >= 0.3 is 5.76 Å². The lowest BCUT2D eigenvalue weighted by Crippen LogP contribution is -2.51. The van der Waals surface area contributed by atoms with Crippen LogP contribution in [0.4, 0.5) is 0 Å². The standard InChI is InChI=1S/C18H23N3O4/c1-12-4-5-16-14(8-12)21(18(23)25-16)9-17(22)19-13-10-24-11-15(13)20-6-2-3-7-20/h4-5,8,13,15H,2-3,6-7,9-11H2,1H3,(H,19,22)/t13-,15-/m1/s1. The van der Waals surface area contributed by atoms with Crippen LogP contribution in [0.15, 0.2) is 27.4 Å². The topological polar surface area (TPSA) is 76.7 Å². The highest BCUT2D eigenvalue weighted by atomic mass is 16.5. The van der Waals surface area contributed by atoms with Gasteiger partial charge in [0, 0.05) is 0 Å². The van der Waals surface area contributed by atoms with Crippen molar-refractivity contribution in [3.8, 4) is 0 Å². The number of aromatic nitrogens is 1. The van der Waals surface area contributed by atoms with Gasteiger partial charge in [-0.3, -0.25) is 14.3 Å². The maximum Gasteiger partial charge on any atom is 0.420 e. The molecule has 0 unspecified atom stereocenters. The number of amides is 1. The molecule has 0 radical (unpaired) electrons. The SMILES string of the molecule is Cc1ccc2oc(=O)n(CC(=O)N[C@@H]3COC[C@H]3N3CCCC3)c2c1. The second kappa shape index (κ2) is 6.65. The van der Waals surface area contributed by atoms with Crippen LogP contribution in [0.1, 0.15) is 18.4 Å². The minimum absolute atomic E-state index is 0.0267. The van der Waals surface area contributed by atoms with Crippen molar-refractivity contribution >= 4 is 17.0 Å². The predicted octanol–water partition coefficient (Wildman–Crippen LogP) is 0.882. The first-order valence-electron chi connectivity index (χ1n) is 8.83. The summed E-state index contributed by atoms with van der Waals surface area (Å²) in [6.07, 6.45) is 2.40. The van der Waals surface area contributed by atoms with Gasteiger partial charge in [0.1, 0.15) is 6.54 Å². The zero-order valence-electron chi connectivity index (χ0n) is 14.4. The molecule has 2 fully saturated rings. The average molecular weight is 345 g/mol. The van der Waals surface area contributed by atoms with Crippen LogP contribution < -0.4 is 11.1 Å². The summed E-state index contributed by atoms with van der Waals surface area (Å²) in [5.74, 6) is -0.694. The van der Waals surface area contributed by atoms with E-state index in [1.54, 1.807) is 6.07 Å². The fourth-order valence-corrected chi connectivity index (χ4v) is 3.83. The number of fused-ring (bicyclic) bond motifs is 1. The number of nitrogens with zero attached hydrogens (tertiary/aromatic N) is 2. The van der Waals surface area contributed by atoms with Gasteiger partial charge < -0.3 is 14.5 Å². The Labute approximate surface area is 145 Å². The molecule has 0 saturated carbocycles. The summed E-state index contributed by atoms with van der Waals surface area (Å²) in [5.41, 5.74) is 2.17. The van der Waals surface area contributed by atoms with E-state index in [1.165, 1.54) is 17.4 Å². The molecule has 0 spiro atoms. The van der Waals surface area contributed by atoms with E-state index >= 15 is 0 Å². The van der Waals surface area contributed by atoms with E-state index in [2.05, 4.69) is 10.2 Å². The fraction of sp³-hybridized carbons (Fsp3) is 0.556. The van der Waals surface area contributed by atoms with Gasteiger partial charge in [-0.2, -0.15) is 0 Å². The van der Waals surface area contributed by atoms with Gasteiger partial charge in [-0.1, -0.05) is 6.07 Å². The predicted molar refractivity (Wildman–Crippen MR) is 92.6 cm³/mol. The van der Waals surface area contributed by atoms with E-state index in [-0.39, 0.29) is 24.5 Å². The Morgan fingerprint density at radius 2 is 2.08 bits per heavy atom. The molecule has 0 bridgehead atoms. The van der Waals surface area contributed by atoms with Gasteiger partial charge in [-0.25, -0.2) is 4.79 Å². The van der Waals surface area contributed by atoms with Gasteiger partial charge in [0.15, 0.2) is 5.58 Å². The third kappa shape index (κ3) is 3.21. The maximum atomic E-state index is 12.5. The van der Waals surface area contributed by atoms with Crippen LogP contribution in [0, 0.1) is 6.92 Å². The monoisotopic (exact) mass is 345 g/mol. The Hall–Kier alpha value is -2.12. The number of carbonyl (C=O) groups excluding carboxylic acids is 1. The molecule has 3 heterocycles. The molecule has 7 heteroatoms. The van der Waals surface area contributed by atoms with Gasteiger partial charge in [0.2, 0.25) is 5.91 Å². The molecule has 2 aliphatic heterocycles. The average Bonchev–Trinajstić information content (AvgIpc) is 3.29. The molecule has 2 aromatic rings. The molecule has 25 heavy (non-hydrogen) atoms. The number of oxazole rings is 1. The van der Waals surface area contributed by atoms with Crippen molar-refractivity contribution in [3.63, 3.8) is 0 Å². The molecule has 1 aromatic heterocycles. The van der Waals surface area contributed by atoms with E-state index in [1.807, 2.05) is 19.1 Å². The maximum absolute atomic E-state index is 12.5. The van der Waals surface area contributed by atoms with Crippen LogP contribution in [0.5, 0.6) is 0 Å². The summed E-state index contributed by atoms with van der Waals surface area (Å²) in [6.45, 7) is 5.19. The van der Waals surface area contributed by atoms with E-state index < -0.39 is 5.76 Å². The van der Waals surface area contributed by atoms with Crippen LogP contribution >= 0.6 is 0 Å². The number of benzene rings is 1. The number of rotatable bonds is 4. The molecular weight excluding hydrogens is 322 g/mol. The van der Waals surface area contributed by atoms with Crippen molar-refractivity contribution in [2.45, 2.75) is 38.4 Å². The first-order valence-corrected chi connectivity index (χ1v) is 8.83. The van der Waals surface area contributed by atoms with Crippen molar-refractivity contribution in [2.24, 2.45) is 0 Å². The lowest BCUT2D eigenvalue weighted by Gasteiger charge is -2.27. The van der Waals surface area contributed by atoms with Crippen molar-refractivity contribution in [2.75, 3.05) is 26.3 Å². The van der Waals surface area contributed by atoms with Crippen molar-refractivity contribution in [3.05, 3.63) is 34.3 Å². The normalized spacial score (nSPS) is 24.2. The third-order valence-electron chi connectivity index (χ3n) is 5.13. The van der Waals surface area contributed by atoms with E-state index in [4.69, 9.17) is 9.15 Å². The number of nitrogens with one attached hydrogen (secondary N) is 1. The van der Waals surface area contributed by atoms with Crippen LogP contribution in [0.3, 0.4) is 0 Å². The fourth-order valence-electron chi connectivity index (χ4n) is 3.83.